The van der Waals surface area contributed by atoms with Crippen LogP contribution in [-0.2, 0) is 9.47 Å². The Morgan fingerprint density at radius 3 is 2.67 bits per heavy atom. The predicted molar refractivity (Wildman–Crippen MR) is 66.3 cm³/mol. The first kappa shape index (κ1) is 15.7. The van der Waals surface area contributed by atoms with Crippen molar-refractivity contribution in [3.05, 3.63) is 11.8 Å². The lowest BCUT2D eigenvalue weighted by atomic mass is 10.1. The van der Waals surface area contributed by atoms with Crippen molar-refractivity contribution in [2.45, 2.75) is 44.9 Å². The summed E-state index contributed by atoms with van der Waals surface area (Å²) in [4.78, 5) is 0. The molecule has 0 radical (unpaired) electrons. The number of hydrogen-bond donors (Lipinski definition) is 0. The maximum absolute atomic E-state index is 12.7. The summed E-state index contributed by atoms with van der Waals surface area (Å²) in [6, 6.07) is 0. The summed E-state index contributed by atoms with van der Waals surface area (Å²) in [5.74, 6) is 0.0912. The van der Waals surface area contributed by atoms with Crippen LogP contribution < -0.4 is 0 Å². The smallest absolute Gasteiger partial charge is 0.448 e. The number of alkyl halides is 3. The van der Waals surface area contributed by atoms with Crippen LogP contribution in [0.15, 0.2) is 11.8 Å². The molecule has 0 aliphatic carbocycles. The number of ether oxygens (including phenoxy) is 2. The van der Waals surface area contributed by atoms with E-state index in [2.05, 4.69) is 0 Å². The van der Waals surface area contributed by atoms with Gasteiger partial charge in [-0.2, -0.15) is 13.2 Å². The SMILES string of the molecule is CCSC1CC(OCC(C)C)C=C(C(F)(F)F)O1. The molecule has 0 aromatic heterocycles. The third-order valence-electron chi connectivity index (χ3n) is 2.30. The molecule has 1 aliphatic rings. The van der Waals surface area contributed by atoms with E-state index in [1.165, 1.54) is 11.8 Å². The lowest BCUT2D eigenvalue weighted by Crippen LogP contribution is -2.31. The van der Waals surface area contributed by atoms with Gasteiger partial charge < -0.3 is 9.47 Å². The minimum atomic E-state index is -4.44. The summed E-state index contributed by atoms with van der Waals surface area (Å²) in [5, 5.41) is 0. The van der Waals surface area contributed by atoms with Crippen molar-refractivity contribution in [2.75, 3.05) is 12.4 Å². The molecule has 1 aliphatic heterocycles. The van der Waals surface area contributed by atoms with E-state index < -0.39 is 23.5 Å². The second-order valence-electron chi connectivity index (χ2n) is 4.53. The molecule has 0 aromatic carbocycles. The van der Waals surface area contributed by atoms with Gasteiger partial charge in [-0.1, -0.05) is 20.8 Å². The molecular weight excluding hydrogens is 265 g/mol. The quantitative estimate of drug-likeness (QED) is 0.761. The fraction of sp³-hybridized carbons (Fsp3) is 0.833. The highest BCUT2D eigenvalue weighted by Crippen LogP contribution is 2.35. The van der Waals surface area contributed by atoms with Crippen LogP contribution in [0.3, 0.4) is 0 Å². The van der Waals surface area contributed by atoms with Crippen molar-refractivity contribution >= 4 is 11.8 Å². The minimum Gasteiger partial charge on any atom is -0.475 e. The van der Waals surface area contributed by atoms with Gasteiger partial charge in [-0.05, 0) is 17.7 Å². The summed E-state index contributed by atoms with van der Waals surface area (Å²) >= 11 is 1.37. The molecular formula is C12H19F3O2S. The van der Waals surface area contributed by atoms with Gasteiger partial charge in [0, 0.05) is 13.0 Å². The largest absolute Gasteiger partial charge is 0.475 e. The first-order valence-corrected chi connectivity index (χ1v) is 7.06. The normalized spacial score (nSPS) is 24.9. The fourth-order valence-corrected chi connectivity index (χ4v) is 2.41. The van der Waals surface area contributed by atoms with Gasteiger partial charge >= 0.3 is 6.18 Å². The highest BCUT2D eigenvalue weighted by atomic mass is 32.2. The van der Waals surface area contributed by atoms with Gasteiger partial charge in [0.2, 0.25) is 5.76 Å². The van der Waals surface area contributed by atoms with E-state index in [4.69, 9.17) is 9.47 Å². The molecule has 2 nitrogen and oxygen atoms in total. The molecule has 0 N–H and O–H groups in total. The number of rotatable bonds is 5. The van der Waals surface area contributed by atoms with Crippen LogP contribution in [-0.4, -0.2) is 30.1 Å². The zero-order valence-electron chi connectivity index (χ0n) is 10.8. The molecule has 106 valence electrons. The topological polar surface area (TPSA) is 18.5 Å². The standard InChI is InChI=1S/C12H19F3O2S/c1-4-18-11-6-9(16-7-8(2)3)5-10(17-11)12(13,14)15/h5,8-9,11H,4,6-7H2,1-3H3. The Morgan fingerprint density at radius 2 is 2.17 bits per heavy atom. The van der Waals surface area contributed by atoms with E-state index in [-0.39, 0.29) is 0 Å². The molecule has 0 saturated carbocycles. The highest BCUT2D eigenvalue weighted by Gasteiger charge is 2.41. The number of hydrogen-bond acceptors (Lipinski definition) is 3. The number of allylic oxidation sites excluding steroid dienone is 1. The number of thioether (sulfide) groups is 1. The summed E-state index contributed by atoms with van der Waals surface area (Å²) in [7, 11) is 0. The van der Waals surface area contributed by atoms with Gasteiger partial charge in [0.15, 0.2) is 0 Å². The third-order valence-corrected chi connectivity index (χ3v) is 3.29. The number of halogens is 3. The summed E-state index contributed by atoms with van der Waals surface area (Å²) in [5.41, 5.74) is -0.478. The maximum Gasteiger partial charge on any atom is 0.448 e. The van der Waals surface area contributed by atoms with Crippen molar-refractivity contribution < 1.29 is 22.6 Å². The molecule has 0 fully saturated rings. The van der Waals surface area contributed by atoms with Gasteiger partial charge in [0.25, 0.3) is 0 Å². The van der Waals surface area contributed by atoms with Gasteiger partial charge in [-0.3, -0.25) is 0 Å². The van der Waals surface area contributed by atoms with Gasteiger partial charge in [0.1, 0.15) is 5.44 Å². The summed E-state index contributed by atoms with van der Waals surface area (Å²) < 4.78 is 48.4. The first-order valence-electron chi connectivity index (χ1n) is 6.01. The van der Waals surface area contributed by atoms with E-state index in [1.54, 1.807) is 0 Å². The molecule has 0 spiro atoms. The Kier molecular flexibility index (Phi) is 5.85. The van der Waals surface area contributed by atoms with E-state index in [0.29, 0.717) is 24.7 Å². The summed E-state index contributed by atoms with van der Waals surface area (Å²) in [6.07, 6.45) is -3.44. The zero-order valence-corrected chi connectivity index (χ0v) is 11.6. The summed E-state index contributed by atoms with van der Waals surface area (Å²) in [6.45, 7) is 6.28. The van der Waals surface area contributed by atoms with Crippen LogP contribution >= 0.6 is 11.8 Å². The lowest BCUT2D eigenvalue weighted by Gasteiger charge is -2.30. The van der Waals surface area contributed by atoms with Crippen LogP contribution in [0.5, 0.6) is 0 Å². The first-order chi connectivity index (χ1) is 8.32. The third kappa shape index (κ3) is 5.10. The molecule has 1 rings (SSSR count). The van der Waals surface area contributed by atoms with Crippen molar-refractivity contribution in [3.8, 4) is 0 Å². The van der Waals surface area contributed by atoms with E-state index in [1.807, 2.05) is 20.8 Å². The van der Waals surface area contributed by atoms with Crippen LogP contribution in [0.2, 0.25) is 0 Å². The average molecular weight is 284 g/mol. The zero-order chi connectivity index (χ0) is 13.8. The molecule has 6 heteroatoms. The van der Waals surface area contributed by atoms with E-state index in [0.717, 1.165) is 6.08 Å². The molecule has 0 bridgehead atoms. The lowest BCUT2D eigenvalue weighted by molar-refractivity contribution is -0.142. The average Bonchev–Trinajstić information content (AvgIpc) is 2.25. The Balaban J connectivity index is 2.69. The van der Waals surface area contributed by atoms with E-state index in [9.17, 15) is 13.2 Å². The Morgan fingerprint density at radius 1 is 1.50 bits per heavy atom. The molecule has 2 unspecified atom stereocenters. The molecule has 0 saturated heterocycles. The second kappa shape index (κ2) is 6.70. The van der Waals surface area contributed by atoms with Crippen molar-refractivity contribution in [3.63, 3.8) is 0 Å². The molecule has 18 heavy (non-hydrogen) atoms. The van der Waals surface area contributed by atoms with Gasteiger partial charge in [-0.25, -0.2) is 0 Å². The van der Waals surface area contributed by atoms with Crippen LogP contribution in [0.1, 0.15) is 27.2 Å². The molecule has 2 atom stereocenters. The van der Waals surface area contributed by atoms with Gasteiger partial charge in [-0.15, -0.1) is 11.8 Å². The molecule has 0 amide bonds. The predicted octanol–water partition coefficient (Wildman–Crippen LogP) is 3.97. The fourth-order valence-electron chi connectivity index (χ4n) is 1.54. The molecule has 1 heterocycles. The van der Waals surface area contributed by atoms with Crippen molar-refractivity contribution in [2.24, 2.45) is 5.92 Å². The Bertz CT molecular complexity index is 290. The van der Waals surface area contributed by atoms with Crippen LogP contribution in [0.25, 0.3) is 0 Å². The second-order valence-corrected chi connectivity index (χ2v) is 5.97. The Labute approximate surface area is 110 Å². The molecule has 0 aromatic rings. The van der Waals surface area contributed by atoms with E-state index >= 15 is 0 Å². The van der Waals surface area contributed by atoms with Crippen LogP contribution in [0.4, 0.5) is 13.2 Å². The Hall–Kier alpha value is -0.360. The highest BCUT2D eigenvalue weighted by molar-refractivity contribution is 7.99. The van der Waals surface area contributed by atoms with Gasteiger partial charge in [0.05, 0.1) is 6.10 Å². The maximum atomic E-state index is 12.7. The van der Waals surface area contributed by atoms with Crippen LogP contribution in [0, 0.1) is 5.92 Å². The van der Waals surface area contributed by atoms with Crippen molar-refractivity contribution in [1.29, 1.82) is 0 Å². The minimum absolute atomic E-state index is 0.299. The monoisotopic (exact) mass is 284 g/mol. The van der Waals surface area contributed by atoms with Crippen molar-refractivity contribution in [1.82, 2.24) is 0 Å².